The molecule has 1 N–H and O–H groups in total. The van der Waals surface area contributed by atoms with Gasteiger partial charge in [-0.15, -0.1) is 0 Å². The van der Waals surface area contributed by atoms with Crippen molar-refractivity contribution in [3.63, 3.8) is 0 Å². The van der Waals surface area contributed by atoms with Crippen LogP contribution in [-0.2, 0) is 20.5 Å². The first-order valence-electron chi connectivity index (χ1n) is 8.67. The number of ether oxygens (including phenoxy) is 1. The van der Waals surface area contributed by atoms with Gasteiger partial charge in [0.2, 0.25) is 10.0 Å². The van der Waals surface area contributed by atoms with Gasteiger partial charge in [-0.25, -0.2) is 17.5 Å². The molecular formula is C17H25N3O6S. The van der Waals surface area contributed by atoms with Gasteiger partial charge in [0.15, 0.2) is 0 Å². The van der Waals surface area contributed by atoms with Crippen LogP contribution in [0.2, 0.25) is 0 Å². The van der Waals surface area contributed by atoms with E-state index in [9.17, 15) is 23.3 Å². The predicted octanol–water partition coefficient (Wildman–Crippen LogP) is 2.41. The summed E-state index contributed by atoms with van der Waals surface area (Å²) >= 11 is 0. The van der Waals surface area contributed by atoms with Crippen molar-refractivity contribution in [1.29, 1.82) is 0 Å². The summed E-state index contributed by atoms with van der Waals surface area (Å²) in [7, 11) is -3.53. The number of non-ortho nitro benzene ring substituents is 1. The Morgan fingerprint density at radius 3 is 2.30 bits per heavy atom. The monoisotopic (exact) mass is 399 g/mol. The van der Waals surface area contributed by atoms with Crippen molar-refractivity contribution >= 4 is 21.8 Å². The van der Waals surface area contributed by atoms with Gasteiger partial charge in [0.1, 0.15) is 5.60 Å². The van der Waals surface area contributed by atoms with Crippen molar-refractivity contribution in [2.45, 2.75) is 51.0 Å². The van der Waals surface area contributed by atoms with Crippen LogP contribution in [0.5, 0.6) is 0 Å². The summed E-state index contributed by atoms with van der Waals surface area (Å²) in [5.74, 6) is -0.213. The van der Waals surface area contributed by atoms with Crippen LogP contribution < -0.4 is 5.32 Å². The lowest BCUT2D eigenvalue weighted by Gasteiger charge is -2.32. The summed E-state index contributed by atoms with van der Waals surface area (Å²) in [6.07, 6.45) is 0.493. The Kier molecular flexibility index (Phi) is 6.42. The van der Waals surface area contributed by atoms with Crippen LogP contribution >= 0.6 is 0 Å². The Balaban J connectivity index is 1.88. The lowest BCUT2D eigenvalue weighted by molar-refractivity contribution is -0.384. The quantitative estimate of drug-likeness (QED) is 0.600. The maximum Gasteiger partial charge on any atom is 0.407 e. The fraction of sp³-hybridized carbons (Fsp3) is 0.588. The Morgan fingerprint density at radius 1 is 1.26 bits per heavy atom. The molecule has 1 aliphatic rings. The van der Waals surface area contributed by atoms with E-state index < -0.39 is 26.6 Å². The number of carbonyl (C=O) groups is 1. The molecule has 2 rings (SSSR count). The number of nitro groups is 1. The number of carbonyl (C=O) groups excluding carboxylic acids is 1. The highest BCUT2D eigenvalue weighted by Gasteiger charge is 2.29. The number of nitrogens with zero attached hydrogens (tertiary/aromatic N) is 2. The molecule has 0 aliphatic carbocycles. The maximum absolute atomic E-state index is 12.6. The van der Waals surface area contributed by atoms with Crippen molar-refractivity contribution in [1.82, 2.24) is 9.62 Å². The van der Waals surface area contributed by atoms with Crippen LogP contribution in [0, 0.1) is 10.1 Å². The molecule has 1 amide bonds. The Labute approximate surface area is 158 Å². The smallest absolute Gasteiger partial charge is 0.407 e. The van der Waals surface area contributed by atoms with Crippen molar-refractivity contribution in [3.8, 4) is 0 Å². The minimum atomic E-state index is -3.53. The van der Waals surface area contributed by atoms with E-state index in [0.717, 1.165) is 0 Å². The maximum atomic E-state index is 12.6. The third-order valence-electron chi connectivity index (χ3n) is 4.06. The van der Waals surface area contributed by atoms with Crippen LogP contribution in [0.4, 0.5) is 10.5 Å². The van der Waals surface area contributed by atoms with E-state index in [4.69, 9.17) is 4.74 Å². The minimum Gasteiger partial charge on any atom is -0.444 e. The molecule has 1 aromatic rings. The summed E-state index contributed by atoms with van der Waals surface area (Å²) < 4.78 is 31.7. The zero-order chi connectivity index (χ0) is 20.2. The van der Waals surface area contributed by atoms with Crippen LogP contribution in [0.25, 0.3) is 0 Å². The number of benzene rings is 1. The number of rotatable bonds is 5. The number of amides is 1. The van der Waals surface area contributed by atoms with E-state index in [1.54, 1.807) is 20.8 Å². The van der Waals surface area contributed by atoms with Crippen molar-refractivity contribution < 1.29 is 22.9 Å². The van der Waals surface area contributed by atoms with Crippen molar-refractivity contribution in [2.75, 3.05) is 13.1 Å². The van der Waals surface area contributed by atoms with Gasteiger partial charge in [-0.3, -0.25) is 10.1 Å². The van der Waals surface area contributed by atoms with Crippen molar-refractivity contribution in [3.05, 3.63) is 39.9 Å². The standard InChI is InChI=1S/C17H25N3O6S/c1-17(2,3)26-16(21)18-14-8-10-19(11-9-14)27(24,25)12-13-4-6-15(7-5-13)20(22)23/h4-7,14H,8-12H2,1-3H3,(H,18,21). The molecule has 0 atom stereocenters. The number of sulfonamides is 1. The zero-order valence-corrected chi connectivity index (χ0v) is 16.5. The highest BCUT2D eigenvalue weighted by Crippen LogP contribution is 2.20. The molecule has 27 heavy (non-hydrogen) atoms. The SMILES string of the molecule is CC(C)(C)OC(=O)NC1CCN(S(=O)(=O)Cc2ccc([N+](=O)[O-])cc2)CC1. The third kappa shape index (κ3) is 6.47. The molecule has 1 saturated heterocycles. The predicted molar refractivity (Wildman–Crippen MR) is 99.7 cm³/mol. The van der Waals surface area contributed by atoms with Gasteiger partial charge in [-0.1, -0.05) is 12.1 Å². The van der Waals surface area contributed by atoms with E-state index >= 15 is 0 Å². The van der Waals surface area contributed by atoms with Gasteiger partial charge >= 0.3 is 6.09 Å². The van der Waals surface area contributed by atoms with E-state index in [-0.39, 0.29) is 17.5 Å². The van der Waals surface area contributed by atoms with Crippen LogP contribution in [-0.4, -0.2) is 48.5 Å². The first kappa shape index (κ1) is 21.1. The molecular weight excluding hydrogens is 374 g/mol. The van der Waals surface area contributed by atoms with E-state index in [2.05, 4.69) is 5.32 Å². The van der Waals surface area contributed by atoms with Crippen LogP contribution in [0.3, 0.4) is 0 Å². The normalized spacial score (nSPS) is 16.7. The van der Waals surface area contributed by atoms with Gasteiger partial charge in [-0.05, 0) is 39.2 Å². The van der Waals surface area contributed by atoms with E-state index in [1.165, 1.54) is 28.6 Å². The number of nitro benzene ring substituents is 1. The number of piperidine rings is 1. The first-order chi connectivity index (χ1) is 12.5. The Hall–Kier alpha value is -2.20. The first-order valence-corrected chi connectivity index (χ1v) is 10.3. The molecule has 1 fully saturated rings. The van der Waals surface area contributed by atoms with Gasteiger partial charge in [0, 0.05) is 31.3 Å². The Bertz CT molecular complexity index is 778. The van der Waals surface area contributed by atoms with Gasteiger partial charge in [-0.2, -0.15) is 0 Å². The topological polar surface area (TPSA) is 119 Å². The highest BCUT2D eigenvalue weighted by molar-refractivity contribution is 7.88. The summed E-state index contributed by atoms with van der Waals surface area (Å²) in [6, 6.07) is 5.36. The zero-order valence-electron chi connectivity index (χ0n) is 15.7. The second-order valence-corrected chi connectivity index (χ2v) is 9.47. The number of hydrogen-bond acceptors (Lipinski definition) is 6. The van der Waals surface area contributed by atoms with Crippen molar-refractivity contribution in [2.24, 2.45) is 0 Å². The molecule has 0 aromatic heterocycles. The molecule has 9 nitrogen and oxygen atoms in total. The molecule has 10 heteroatoms. The number of hydrogen-bond donors (Lipinski definition) is 1. The van der Waals surface area contributed by atoms with Gasteiger partial charge in [0.05, 0.1) is 10.7 Å². The molecule has 1 aliphatic heterocycles. The van der Waals surface area contributed by atoms with Crippen LogP contribution in [0.15, 0.2) is 24.3 Å². The summed E-state index contributed by atoms with van der Waals surface area (Å²) in [5, 5.41) is 13.4. The summed E-state index contributed by atoms with van der Waals surface area (Å²) in [5.41, 5.74) is -0.168. The number of alkyl carbamates (subject to hydrolysis) is 1. The number of nitrogens with one attached hydrogen (secondary N) is 1. The molecule has 1 heterocycles. The fourth-order valence-corrected chi connectivity index (χ4v) is 4.33. The summed E-state index contributed by atoms with van der Waals surface area (Å²) in [4.78, 5) is 22.0. The second kappa shape index (κ2) is 8.22. The molecule has 0 radical (unpaired) electrons. The molecule has 0 unspecified atom stereocenters. The van der Waals surface area contributed by atoms with Gasteiger partial charge < -0.3 is 10.1 Å². The highest BCUT2D eigenvalue weighted by atomic mass is 32.2. The largest absolute Gasteiger partial charge is 0.444 e. The average molecular weight is 399 g/mol. The average Bonchev–Trinajstić information content (AvgIpc) is 2.53. The second-order valence-electron chi connectivity index (χ2n) is 7.50. The molecule has 0 spiro atoms. The van der Waals surface area contributed by atoms with E-state index in [0.29, 0.717) is 31.5 Å². The lowest BCUT2D eigenvalue weighted by Crippen LogP contribution is -2.47. The van der Waals surface area contributed by atoms with E-state index in [1.807, 2.05) is 0 Å². The molecule has 1 aromatic carbocycles. The molecule has 0 saturated carbocycles. The van der Waals surface area contributed by atoms with Crippen LogP contribution in [0.1, 0.15) is 39.2 Å². The lowest BCUT2D eigenvalue weighted by atomic mass is 10.1. The minimum absolute atomic E-state index is 0.0785. The summed E-state index contributed by atoms with van der Waals surface area (Å²) in [6.45, 7) is 5.94. The molecule has 150 valence electrons. The molecule has 0 bridgehead atoms. The van der Waals surface area contributed by atoms with Gasteiger partial charge in [0.25, 0.3) is 5.69 Å². The Morgan fingerprint density at radius 2 is 1.81 bits per heavy atom. The third-order valence-corrected chi connectivity index (χ3v) is 5.91. The fourth-order valence-electron chi connectivity index (χ4n) is 2.77.